The lowest BCUT2D eigenvalue weighted by molar-refractivity contribution is 0.385. The number of benzene rings is 1. The molecule has 152 valence electrons. The molecule has 0 spiro atoms. The zero-order chi connectivity index (χ0) is 20.9. The van der Waals surface area contributed by atoms with Gasteiger partial charge < -0.3 is 10.1 Å². The highest BCUT2D eigenvalue weighted by Gasteiger charge is 2.12. The van der Waals surface area contributed by atoms with Crippen LogP contribution in [0.3, 0.4) is 0 Å². The van der Waals surface area contributed by atoms with E-state index in [1.165, 1.54) is 17.9 Å². The molecule has 1 aromatic carbocycles. The predicted octanol–water partition coefficient (Wildman–Crippen LogP) is 1.59. The Hall–Kier alpha value is -4.01. The first-order chi connectivity index (χ1) is 14.6. The number of hydrogen-bond donors (Lipinski definition) is 2. The van der Waals surface area contributed by atoms with Crippen molar-refractivity contribution in [2.75, 3.05) is 19.0 Å². The van der Waals surface area contributed by atoms with E-state index in [-0.39, 0.29) is 17.7 Å². The van der Waals surface area contributed by atoms with Gasteiger partial charge in [0.2, 0.25) is 11.8 Å². The number of nitrogens with zero attached hydrogens (tertiary/aromatic N) is 4. The van der Waals surface area contributed by atoms with Crippen molar-refractivity contribution in [1.82, 2.24) is 24.7 Å². The van der Waals surface area contributed by atoms with E-state index < -0.39 is 0 Å². The molecule has 0 bridgehead atoms. The average molecular weight is 404 g/mol. The van der Waals surface area contributed by atoms with Crippen LogP contribution in [0.4, 0.5) is 5.95 Å². The molecule has 9 heteroatoms. The van der Waals surface area contributed by atoms with Crippen LogP contribution in [0.15, 0.2) is 64.3 Å². The van der Waals surface area contributed by atoms with E-state index in [0.717, 1.165) is 5.69 Å². The molecule has 30 heavy (non-hydrogen) atoms. The number of hydrogen-bond acceptors (Lipinski definition) is 7. The molecule has 0 fully saturated rings. The topological polar surface area (TPSA) is 115 Å². The third kappa shape index (κ3) is 4.19. The monoisotopic (exact) mass is 404 g/mol. The van der Waals surface area contributed by atoms with Crippen molar-refractivity contribution in [3.8, 4) is 5.88 Å². The van der Waals surface area contributed by atoms with Crippen LogP contribution in [-0.2, 0) is 13.0 Å². The van der Waals surface area contributed by atoms with Gasteiger partial charge in [-0.2, -0.15) is 0 Å². The number of methoxy groups -OCH3 is 1. The minimum atomic E-state index is -0.318. The molecule has 3 aromatic heterocycles. The van der Waals surface area contributed by atoms with Crippen molar-refractivity contribution in [3.05, 3.63) is 86.8 Å². The molecular weight excluding hydrogens is 384 g/mol. The van der Waals surface area contributed by atoms with E-state index in [1.54, 1.807) is 24.4 Å². The molecule has 0 aliphatic carbocycles. The van der Waals surface area contributed by atoms with Gasteiger partial charge in [0, 0.05) is 30.9 Å². The fourth-order valence-corrected chi connectivity index (χ4v) is 3.14. The Bertz CT molecular complexity index is 1280. The van der Waals surface area contributed by atoms with Crippen LogP contribution in [-0.4, -0.2) is 38.4 Å². The molecular formula is C21H20N6O3. The molecule has 0 unspecified atom stereocenters. The summed E-state index contributed by atoms with van der Waals surface area (Å²) in [5.41, 5.74) is 0.743. The summed E-state index contributed by atoms with van der Waals surface area (Å²) in [7, 11) is 1.50. The normalized spacial score (nSPS) is 10.8. The summed E-state index contributed by atoms with van der Waals surface area (Å²) >= 11 is 0. The molecule has 0 atom stereocenters. The second-order valence-electron chi connectivity index (χ2n) is 6.60. The number of fused-ring (bicyclic) bond motifs is 1. The molecule has 9 nitrogen and oxygen atoms in total. The Labute approximate surface area is 171 Å². The minimum Gasteiger partial charge on any atom is -0.480 e. The molecule has 0 aliphatic rings. The molecule has 0 aliphatic heterocycles. The maximum absolute atomic E-state index is 12.8. The number of pyridine rings is 1. The van der Waals surface area contributed by atoms with Crippen LogP contribution < -0.4 is 21.2 Å². The van der Waals surface area contributed by atoms with E-state index in [2.05, 4.69) is 25.4 Å². The summed E-state index contributed by atoms with van der Waals surface area (Å²) in [5, 5.41) is 8.49. The maximum atomic E-state index is 12.8. The standard InChI is InChI=1S/C21H20N6O3/c1-30-19-16-7-2-3-8-17(16)20(29)27(26-19)13-15-12-18(28)25-21(24-15)23-11-9-14-6-4-5-10-22-14/h2-8,10,12H,9,11,13H2,1H3,(H2,23,24,25,28). The number of anilines is 1. The molecule has 0 saturated carbocycles. The summed E-state index contributed by atoms with van der Waals surface area (Å²) in [6.07, 6.45) is 2.41. The Morgan fingerprint density at radius 2 is 1.87 bits per heavy atom. The minimum absolute atomic E-state index is 0.0405. The third-order valence-electron chi connectivity index (χ3n) is 4.53. The first-order valence-corrected chi connectivity index (χ1v) is 9.42. The molecule has 0 amide bonds. The maximum Gasteiger partial charge on any atom is 0.275 e. The first kappa shape index (κ1) is 19.3. The molecule has 3 heterocycles. The van der Waals surface area contributed by atoms with Gasteiger partial charge in [-0.05, 0) is 24.3 Å². The Kier molecular flexibility index (Phi) is 5.51. The SMILES string of the molecule is COc1nn(Cc2cc(=O)[nH]c(NCCc3ccccn3)n2)c(=O)c2ccccc12. The van der Waals surface area contributed by atoms with Gasteiger partial charge in [-0.3, -0.25) is 19.6 Å². The molecule has 4 rings (SSSR count). The fourth-order valence-electron chi connectivity index (χ4n) is 3.14. The number of H-pyrrole nitrogens is 1. The van der Waals surface area contributed by atoms with Gasteiger partial charge >= 0.3 is 0 Å². The van der Waals surface area contributed by atoms with Crippen LogP contribution >= 0.6 is 0 Å². The fraction of sp³-hybridized carbons (Fsp3) is 0.190. The Balaban J connectivity index is 1.57. The zero-order valence-electron chi connectivity index (χ0n) is 16.3. The van der Waals surface area contributed by atoms with Gasteiger partial charge in [-0.1, -0.05) is 18.2 Å². The van der Waals surface area contributed by atoms with Gasteiger partial charge in [-0.15, -0.1) is 5.10 Å². The highest BCUT2D eigenvalue weighted by Crippen LogP contribution is 2.19. The van der Waals surface area contributed by atoms with Crippen LogP contribution in [0.1, 0.15) is 11.4 Å². The zero-order valence-corrected chi connectivity index (χ0v) is 16.3. The van der Waals surface area contributed by atoms with Crippen molar-refractivity contribution >= 4 is 16.7 Å². The van der Waals surface area contributed by atoms with Crippen molar-refractivity contribution in [2.45, 2.75) is 13.0 Å². The van der Waals surface area contributed by atoms with Gasteiger partial charge in [0.25, 0.3) is 11.1 Å². The van der Waals surface area contributed by atoms with Crippen molar-refractivity contribution in [2.24, 2.45) is 0 Å². The van der Waals surface area contributed by atoms with Crippen molar-refractivity contribution in [1.29, 1.82) is 0 Å². The summed E-state index contributed by atoms with van der Waals surface area (Å²) in [6, 6.07) is 14.2. The summed E-state index contributed by atoms with van der Waals surface area (Å²) in [5.74, 6) is 0.665. The highest BCUT2D eigenvalue weighted by atomic mass is 16.5. The lowest BCUT2D eigenvalue weighted by atomic mass is 10.2. The van der Waals surface area contributed by atoms with Gasteiger partial charge in [-0.25, -0.2) is 9.67 Å². The number of rotatable bonds is 7. The Morgan fingerprint density at radius 3 is 2.63 bits per heavy atom. The quantitative estimate of drug-likeness (QED) is 0.481. The van der Waals surface area contributed by atoms with E-state index in [0.29, 0.717) is 41.3 Å². The summed E-state index contributed by atoms with van der Waals surface area (Å²) in [4.78, 5) is 36.2. The van der Waals surface area contributed by atoms with Crippen LogP contribution in [0.2, 0.25) is 0 Å². The molecule has 2 N–H and O–H groups in total. The largest absolute Gasteiger partial charge is 0.480 e. The Morgan fingerprint density at radius 1 is 1.07 bits per heavy atom. The molecule has 0 radical (unpaired) electrons. The van der Waals surface area contributed by atoms with Gasteiger partial charge in [0.05, 0.1) is 30.1 Å². The number of nitrogens with one attached hydrogen (secondary N) is 2. The first-order valence-electron chi connectivity index (χ1n) is 9.42. The van der Waals surface area contributed by atoms with E-state index in [9.17, 15) is 9.59 Å². The highest BCUT2D eigenvalue weighted by molar-refractivity contribution is 5.85. The summed E-state index contributed by atoms with van der Waals surface area (Å²) < 4.78 is 6.58. The van der Waals surface area contributed by atoms with Gasteiger partial charge in [0.1, 0.15) is 0 Å². The molecule has 4 aromatic rings. The van der Waals surface area contributed by atoms with Crippen LogP contribution in [0.5, 0.6) is 5.88 Å². The predicted molar refractivity (Wildman–Crippen MR) is 113 cm³/mol. The lowest BCUT2D eigenvalue weighted by Crippen LogP contribution is -2.26. The lowest BCUT2D eigenvalue weighted by Gasteiger charge is -2.10. The van der Waals surface area contributed by atoms with Crippen molar-refractivity contribution in [3.63, 3.8) is 0 Å². The van der Waals surface area contributed by atoms with Crippen LogP contribution in [0, 0.1) is 0 Å². The number of ether oxygens (including phenoxy) is 1. The number of aromatic nitrogens is 5. The third-order valence-corrected chi connectivity index (χ3v) is 4.53. The van der Waals surface area contributed by atoms with E-state index in [4.69, 9.17) is 4.74 Å². The van der Waals surface area contributed by atoms with Crippen LogP contribution in [0.25, 0.3) is 10.8 Å². The molecule has 0 saturated heterocycles. The van der Waals surface area contributed by atoms with Crippen molar-refractivity contribution < 1.29 is 4.74 Å². The van der Waals surface area contributed by atoms with E-state index >= 15 is 0 Å². The average Bonchev–Trinajstić information content (AvgIpc) is 2.76. The van der Waals surface area contributed by atoms with E-state index in [1.807, 2.05) is 24.3 Å². The second kappa shape index (κ2) is 8.56. The summed E-state index contributed by atoms with van der Waals surface area (Å²) in [6.45, 7) is 0.588. The number of aromatic amines is 1. The second-order valence-corrected chi connectivity index (χ2v) is 6.60. The van der Waals surface area contributed by atoms with Gasteiger partial charge in [0.15, 0.2) is 0 Å². The smallest absolute Gasteiger partial charge is 0.275 e.